The number of nitrogens with one attached hydrogen (secondary N) is 1. The quantitative estimate of drug-likeness (QED) is 0.689. The molecule has 0 aliphatic heterocycles. The number of primary sulfonamides is 1. The molecule has 0 aromatic carbocycles. The van der Waals surface area contributed by atoms with E-state index in [1.807, 2.05) is 0 Å². The summed E-state index contributed by atoms with van der Waals surface area (Å²) in [7, 11) is -3.69. The highest BCUT2D eigenvalue weighted by Gasteiger charge is 2.14. The van der Waals surface area contributed by atoms with Crippen LogP contribution in [-0.2, 0) is 10.0 Å². The molecular formula is C12H22N4O2S. The minimum absolute atomic E-state index is 0.00217. The molecule has 1 rings (SSSR count). The molecule has 0 saturated carbocycles. The smallest absolute Gasteiger partial charge is 0.239 e. The highest BCUT2D eigenvalue weighted by Crippen LogP contribution is 2.13. The van der Waals surface area contributed by atoms with Gasteiger partial charge in [-0.15, -0.1) is 0 Å². The lowest BCUT2D eigenvalue weighted by atomic mass is 9.95. The predicted molar refractivity (Wildman–Crippen MR) is 76.1 cm³/mol. The van der Waals surface area contributed by atoms with Crippen LogP contribution >= 0.6 is 0 Å². The topological polar surface area (TPSA) is 111 Å². The molecule has 1 aromatic rings. The Kier molecular flexibility index (Phi) is 5.71. The lowest BCUT2D eigenvalue weighted by Crippen LogP contribution is -2.36. The number of hydrogen-bond acceptors (Lipinski definition) is 5. The molecule has 0 amide bonds. The molecule has 1 unspecified atom stereocenters. The Morgan fingerprint density at radius 1 is 1.32 bits per heavy atom. The van der Waals surface area contributed by atoms with E-state index in [1.54, 1.807) is 6.07 Å². The monoisotopic (exact) mass is 286 g/mol. The molecule has 0 spiro atoms. The summed E-state index contributed by atoms with van der Waals surface area (Å²) in [6.07, 6.45) is 3.31. The molecule has 1 heterocycles. The summed E-state index contributed by atoms with van der Waals surface area (Å²) in [4.78, 5) is 4.00. The molecule has 0 saturated heterocycles. The van der Waals surface area contributed by atoms with E-state index in [-0.39, 0.29) is 10.9 Å². The highest BCUT2D eigenvalue weighted by molar-refractivity contribution is 7.89. The van der Waals surface area contributed by atoms with Crippen LogP contribution in [0.2, 0.25) is 0 Å². The second kappa shape index (κ2) is 6.83. The maximum atomic E-state index is 11.1. The van der Waals surface area contributed by atoms with Crippen LogP contribution in [0.25, 0.3) is 0 Å². The van der Waals surface area contributed by atoms with Crippen molar-refractivity contribution < 1.29 is 8.42 Å². The summed E-state index contributed by atoms with van der Waals surface area (Å²) >= 11 is 0. The number of anilines is 1. The average Bonchev–Trinajstić information content (AvgIpc) is 2.37. The van der Waals surface area contributed by atoms with E-state index >= 15 is 0 Å². The van der Waals surface area contributed by atoms with Gasteiger partial charge in [-0.3, -0.25) is 0 Å². The fourth-order valence-corrected chi connectivity index (χ4v) is 2.39. The van der Waals surface area contributed by atoms with Crippen molar-refractivity contribution in [1.82, 2.24) is 4.98 Å². The third-order valence-electron chi connectivity index (χ3n) is 3.24. The molecule has 0 bridgehead atoms. The number of pyridine rings is 1. The van der Waals surface area contributed by atoms with Gasteiger partial charge in [-0.1, -0.05) is 26.7 Å². The number of hydrogen-bond donors (Lipinski definition) is 3. The van der Waals surface area contributed by atoms with Gasteiger partial charge < -0.3 is 11.1 Å². The van der Waals surface area contributed by atoms with Crippen LogP contribution in [0.5, 0.6) is 0 Å². The molecular weight excluding hydrogens is 264 g/mol. The first kappa shape index (κ1) is 15.9. The first-order chi connectivity index (χ1) is 8.88. The van der Waals surface area contributed by atoms with Crippen molar-refractivity contribution in [2.75, 3.05) is 11.9 Å². The second-order valence-corrected chi connectivity index (χ2v) is 6.11. The van der Waals surface area contributed by atoms with E-state index in [2.05, 4.69) is 24.1 Å². The molecule has 6 nitrogen and oxygen atoms in total. The summed E-state index contributed by atoms with van der Waals surface area (Å²) < 4.78 is 22.1. The van der Waals surface area contributed by atoms with Gasteiger partial charge in [-0.25, -0.2) is 18.5 Å². The van der Waals surface area contributed by atoms with E-state index < -0.39 is 10.0 Å². The van der Waals surface area contributed by atoms with Gasteiger partial charge in [-0.05, 0) is 18.1 Å². The molecule has 1 atom stereocenters. The van der Waals surface area contributed by atoms with Crippen molar-refractivity contribution in [3.8, 4) is 0 Å². The fraction of sp³-hybridized carbons (Fsp3) is 0.583. The van der Waals surface area contributed by atoms with Crippen molar-refractivity contribution in [3.05, 3.63) is 18.3 Å². The molecule has 0 aliphatic carbocycles. The van der Waals surface area contributed by atoms with Crippen molar-refractivity contribution >= 4 is 15.8 Å². The minimum Gasteiger partial charge on any atom is -0.369 e. The first-order valence-electron chi connectivity index (χ1n) is 6.36. The zero-order chi connectivity index (χ0) is 14.5. The van der Waals surface area contributed by atoms with E-state index in [0.717, 1.165) is 12.8 Å². The lowest BCUT2D eigenvalue weighted by Gasteiger charge is -2.21. The van der Waals surface area contributed by atoms with Gasteiger partial charge >= 0.3 is 0 Å². The van der Waals surface area contributed by atoms with E-state index in [0.29, 0.717) is 18.3 Å². The molecule has 0 aliphatic rings. The van der Waals surface area contributed by atoms with Crippen LogP contribution in [0.1, 0.15) is 26.7 Å². The third kappa shape index (κ3) is 4.77. The Morgan fingerprint density at radius 3 is 2.37 bits per heavy atom. The Balaban J connectivity index is 2.60. The first-order valence-corrected chi connectivity index (χ1v) is 7.91. The molecule has 0 radical (unpaired) electrons. The Hall–Kier alpha value is -1.18. The largest absolute Gasteiger partial charge is 0.369 e. The number of sulfonamides is 1. The van der Waals surface area contributed by atoms with Crippen molar-refractivity contribution in [1.29, 1.82) is 0 Å². The highest BCUT2D eigenvalue weighted by atomic mass is 32.2. The molecule has 1 aromatic heterocycles. The van der Waals surface area contributed by atoms with Gasteiger partial charge in [0.2, 0.25) is 10.0 Å². The van der Waals surface area contributed by atoms with Crippen LogP contribution in [-0.4, -0.2) is 26.0 Å². The van der Waals surface area contributed by atoms with Gasteiger partial charge in [0.05, 0.1) is 0 Å². The van der Waals surface area contributed by atoms with E-state index in [9.17, 15) is 8.42 Å². The van der Waals surface area contributed by atoms with Crippen LogP contribution in [0.15, 0.2) is 23.2 Å². The van der Waals surface area contributed by atoms with E-state index in [4.69, 9.17) is 10.9 Å². The van der Waals surface area contributed by atoms with Crippen molar-refractivity contribution in [3.63, 3.8) is 0 Å². The summed E-state index contributed by atoms with van der Waals surface area (Å²) in [6, 6.07) is 3.06. The number of nitrogens with two attached hydrogens (primary N) is 2. The average molecular weight is 286 g/mol. The number of nitrogens with zero attached hydrogens (tertiary/aromatic N) is 1. The summed E-state index contributed by atoms with van der Waals surface area (Å²) in [5.41, 5.74) is 6.08. The van der Waals surface area contributed by atoms with Gasteiger partial charge in [-0.2, -0.15) is 0 Å². The zero-order valence-corrected chi connectivity index (χ0v) is 12.2. The Labute approximate surface area is 114 Å². The maximum absolute atomic E-state index is 11.1. The van der Waals surface area contributed by atoms with E-state index in [1.165, 1.54) is 12.3 Å². The van der Waals surface area contributed by atoms with Gasteiger partial charge in [0, 0.05) is 18.8 Å². The number of rotatable bonds is 7. The normalized spacial score (nSPS) is 13.5. The van der Waals surface area contributed by atoms with Crippen LogP contribution in [0.3, 0.4) is 0 Å². The van der Waals surface area contributed by atoms with Gasteiger partial charge in [0.1, 0.15) is 10.7 Å². The summed E-state index contributed by atoms with van der Waals surface area (Å²) in [5.74, 6) is 1.06. The Bertz CT molecular complexity index is 483. The number of aromatic nitrogens is 1. The maximum Gasteiger partial charge on any atom is 0.239 e. The molecule has 0 fully saturated rings. The van der Waals surface area contributed by atoms with Crippen LogP contribution in [0.4, 0.5) is 5.82 Å². The Morgan fingerprint density at radius 2 is 1.95 bits per heavy atom. The fourth-order valence-electron chi connectivity index (χ4n) is 1.94. The molecule has 5 N–H and O–H groups in total. The molecule has 19 heavy (non-hydrogen) atoms. The zero-order valence-electron chi connectivity index (χ0n) is 11.3. The summed E-state index contributed by atoms with van der Waals surface area (Å²) in [6.45, 7) is 4.84. The predicted octanol–water partition coefficient (Wildman–Crippen LogP) is 0.904. The van der Waals surface area contributed by atoms with Crippen LogP contribution < -0.4 is 16.2 Å². The van der Waals surface area contributed by atoms with Crippen molar-refractivity contribution in [2.24, 2.45) is 16.8 Å². The summed E-state index contributed by atoms with van der Waals surface area (Å²) in [5, 5.41) is 8.10. The van der Waals surface area contributed by atoms with Crippen molar-refractivity contribution in [2.45, 2.75) is 37.6 Å². The SMILES string of the molecule is CCC(CC)C(N)CNc1ccc(S(N)(=O)=O)cn1. The minimum atomic E-state index is -3.69. The third-order valence-corrected chi connectivity index (χ3v) is 4.14. The van der Waals surface area contributed by atoms with Gasteiger partial charge in [0.15, 0.2) is 0 Å². The molecule has 108 valence electrons. The van der Waals surface area contributed by atoms with Crippen LogP contribution in [0, 0.1) is 5.92 Å². The lowest BCUT2D eigenvalue weighted by molar-refractivity contribution is 0.407. The van der Waals surface area contributed by atoms with Gasteiger partial charge in [0.25, 0.3) is 0 Å². The molecule has 7 heteroatoms. The standard InChI is InChI=1S/C12H22N4O2S/c1-3-9(4-2)11(13)8-16-12-6-5-10(7-15-12)19(14,17)18/h5-7,9,11H,3-4,8,13H2,1-2H3,(H,15,16)(H2,14,17,18). The second-order valence-electron chi connectivity index (χ2n) is 4.55.